The highest BCUT2D eigenvalue weighted by molar-refractivity contribution is 5.74. The third kappa shape index (κ3) is 5.60. The van der Waals surface area contributed by atoms with Gasteiger partial charge in [-0.05, 0) is 54.5 Å². The van der Waals surface area contributed by atoms with Crippen LogP contribution in [0.25, 0.3) is 0 Å². The van der Waals surface area contributed by atoms with Gasteiger partial charge in [-0.2, -0.15) is 8.78 Å². The summed E-state index contributed by atoms with van der Waals surface area (Å²) in [6.45, 7) is 10.1. The summed E-state index contributed by atoms with van der Waals surface area (Å²) in [5.41, 5.74) is -2.00. The quantitative estimate of drug-likeness (QED) is 0.657. The predicted molar refractivity (Wildman–Crippen MR) is 91.8 cm³/mol. The van der Waals surface area contributed by atoms with Crippen LogP contribution < -0.4 is 0 Å². The molecule has 0 unspecified atom stereocenters. The van der Waals surface area contributed by atoms with Crippen LogP contribution in [0.4, 0.5) is 18.0 Å². The molecule has 0 N–H and O–H groups in total. The van der Waals surface area contributed by atoms with Gasteiger partial charge in [0.05, 0.1) is 19.3 Å². The van der Waals surface area contributed by atoms with Gasteiger partial charge in [0.25, 0.3) is 0 Å². The van der Waals surface area contributed by atoms with Gasteiger partial charge in [0, 0.05) is 0 Å². The topological polar surface area (TPSA) is 65.1 Å². The number of allylic oxidation sites excluding steroid dienone is 1. The summed E-state index contributed by atoms with van der Waals surface area (Å²) in [5.74, 6) is -9.14. The summed E-state index contributed by atoms with van der Waals surface area (Å²) in [5, 5.41) is 0. The lowest BCUT2D eigenvalue weighted by molar-refractivity contribution is -0.159. The van der Waals surface area contributed by atoms with Crippen molar-refractivity contribution < 1.29 is 37.0 Å². The molecule has 1 aliphatic heterocycles. The lowest BCUT2D eigenvalue weighted by atomic mass is 10.0. The molecule has 2 atom stereocenters. The number of ether oxygens (including phenoxy) is 3. The molecule has 1 fully saturated rings. The number of esters is 1. The van der Waals surface area contributed by atoms with E-state index >= 15 is 0 Å². The van der Waals surface area contributed by atoms with Gasteiger partial charge in [0.2, 0.25) is 0 Å². The zero-order valence-corrected chi connectivity index (χ0v) is 16.8. The fraction of sp³-hybridized carbons (Fsp3) is 0.778. The molecule has 0 aromatic rings. The van der Waals surface area contributed by atoms with Gasteiger partial charge in [-0.15, -0.1) is 0 Å². The number of hydrogen-bond acceptors (Lipinski definition) is 5. The van der Waals surface area contributed by atoms with Crippen molar-refractivity contribution in [1.82, 2.24) is 4.90 Å². The second-order valence-corrected chi connectivity index (χ2v) is 7.79. The van der Waals surface area contributed by atoms with Gasteiger partial charge in [-0.25, -0.2) is 9.18 Å². The lowest BCUT2D eigenvalue weighted by Crippen LogP contribution is -2.49. The van der Waals surface area contributed by atoms with Crippen molar-refractivity contribution in [2.45, 2.75) is 71.8 Å². The number of carbonyl (C=O) groups is 2. The van der Waals surface area contributed by atoms with Crippen LogP contribution in [0, 0.1) is 5.92 Å². The van der Waals surface area contributed by atoms with Crippen LogP contribution >= 0.6 is 0 Å². The number of amides is 1. The first-order chi connectivity index (χ1) is 12.1. The van der Waals surface area contributed by atoms with E-state index in [9.17, 15) is 22.8 Å². The molecule has 0 spiro atoms. The Morgan fingerprint density at radius 1 is 1.33 bits per heavy atom. The van der Waals surface area contributed by atoms with Gasteiger partial charge < -0.3 is 14.2 Å². The molecule has 156 valence electrons. The van der Waals surface area contributed by atoms with Crippen molar-refractivity contribution in [3.05, 3.63) is 11.9 Å². The number of halogens is 3. The summed E-state index contributed by atoms with van der Waals surface area (Å²) >= 11 is 0. The van der Waals surface area contributed by atoms with E-state index in [2.05, 4.69) is 4.74 Å². The maximum absolute atomic E-state index is 14.4. The maximum atomic E-state index is 14.4. The molecule has 0 radical (unpaired) electrons. The molecule has 0 bridgehead atoms. The highest BCUT2D eigenvalue weighted by Crippen LogP contribution is 2.37. The first-order valence-electron chi connectivity index (χ1n) is 8.72. The molecule has 1 heterocycles. The molecule has 6 nitrogen and oxygen atoms in total. The molecule has 0 aromatic heterocycles. The molecule has 27 heavy (non-hydrogen) atoms. The Morgan fingerprint density at radius 2 is 1.89 bits per heavy atom. The van der Waals surface area contributed by atoms with Gasteiger partial charge in [-0.3, -0.25) is 9.69 Å². The first-order valence-corrected chi connectivity index (χ1v) is 8.72. The minimum atomic E-state index is -4.08. The highest BCUT2D eigenvalue weighted by atomic mass is 19.3. The van der Waals surface area contributed by atoms with Gasteiger partial charge in [0.1, 0.15) is 17.2 Å². The first kappa shape index (κ1) is 23.3. The van der Waals surface area contributed by atoms with E-state index in [1.807, 2.05) is 0 Å². The minimum absolute atomic E-state index is 0.0956. The molecule has 0 saturated carbocycles. The van der Waals surface area contributed by atoms with Crippen molar-refractivity contribution >= 4 is 12.1 Å². The van der Waals surface area contributed by atoms with E-state index in [-0.39, 0.29) is 13.2 Å². The van der Waals surface area contributed by atoms with Crippen molar-refractivity contribution in [3.8, 4) is 0 Å². The molecule has 1 saturated heterocycles. The van der Waals surface area contributed by atoms with Crippen LogP contribution in [-0.4, -0.2) is 53.5 Å². The average molecular weight is 395 g/mol. The van der Waals surface area contributed by atoms with Crippen LogP contribution in [0.1, 0.15) is 48.5 Å². The van der Waals surface area contributed by atoms with E-state index in [1.54, 1.807) is 34.6 Å². The lowest BCUT2D eigenvalue weighted by Gasteiger charge is -2.34. The van der Waals surface area contributed by atoms with Gasteiger partial charge in [-0.1, -0.05) is 0 Å². The monoisotopic (exact) mass is 395 g/mol. The number of alkyl halides is 2. The Kier molecular flexibility index (Phi) is 6.96. The summed E-state index contributed by atoms with van der Waals surface area (Å²) in [6, 6.07) is -1.12. The Hall–Kier alpha value is -1.77. The smallest absolute Gasteiger partial charge is 0.413 e. The SMILES string of the molecule is CCOC(=O)[C@@H](C)C(F)(F)/C(F)=C/[C@@H]1COC(C)(C)N1C(=O)OC(C)(C)C. The maximum Gasteiger partial charge on any atom is 0.413 e. The normalized spacial score (nSPS) is 21.8. The van der Waals surface area contributed by atoms with Crippen LogP contribution in [0.3, 0.4) is 0 Å². The third-order valence-corrected chi connectivity index (χ3v) is 3.95. The second-order valence-electron chi connectivity index (χ2n) is 7.79. The Bertz CT molecular complexity index is 598. The molecule has 9 heteroatoms. The fourth-order valence-electron chi connectivity index (χ4n) is 2.52. The van der Waals surface area contributed by atoms with Crippen LogP contribution in [0.15, 0.2) is 11.9 Å². The van der Waals surface area contributed by atoms with Gasteiger partial charge >= 0.3 is 18.0 Å². The highest BCUT2D eigenvalue weighted by Gasteiger charge is 2.50. The fourth-order valence-corrected chi connectivity index (χ4v) is 2.52. The Labute approximate surface area is 157 Å². The van der Waals surface area contributed by atoms with Crippen molar-refractivity contribution in [2.75, 3.05) is 13.2 Å². The molecular formula is C18H28F3NO5. The molecule has 0 aromatic carbocycles. The molecule has 1 rings (SSSR count). The van der Waals surface area contributed by atoms with Gasteiger partial charge in [0.15, 0.2) is 5.83 Å². The zero-order valence-electron chi connectivity index (χ0n) is 16.8. The molecule has 1 aliphatic rings. The van der Waals surface area contributed by atoms with Crippen molar-refractivity contribution in [1.29, 1.82) is 0 Å². The third-order valence-electron chi connectivity index (χ3n) is 3.95. The Balaban J connectivity index is 3.11. The average Bonchev–Trinajstić information content (AvgIpc) is 2.79. The Morgan fingerprint density at radius 3 is 2.37 bits per heavy atom. The number of rotatable bonds is 5. The van der Waals surface area contributed by atoms with Crippen molar-refractivity contribution in [3.63, 3.8) is 0 Å². The van der Waals surface area contributed by atoms with Crippen LogP contribution in [0.2, 0.25) is 0 Å². The summed E-state index contributed by atoms with van der Waals surface area (Å²) in [6.07, 6.45) is -0.227. The van der Waals surface area contributed by atoms with Crippen LogP contribution in [0.5, 0.6) is 0 Å². The minimum Gasteiger partial charge on any atom is -0.466 e. The van der Waals surface area contributed by atoms with E-state index in [0.717, 1.165) is 11.8 Å². The summed E-state index contributed by atoms with van der Waals surface area (Å²) < 4.78 is 58.2. The molecule has 0 aliphatic carbocycles. The predicted octanol–water partition coefficient (Wildman–Crippen LogP) is 4.05. The van der Waals surface area contributed by atoms with E-state index in [1.165, 1.54) is 6.92 Å². The van der Waals surface area contributed by atoms with E-state index in [0.29, 0.717) is 6.08 Å². The summed E-state index contributed by atoms with van der Waals surface area (Å²) in [4.78, 5) is 25.1. The molecular weight excluding hydrogens is 367 g/mol. The van der Waals surface area contributed by atoms with E-state index < -0.39 is 47.1 Å². The number of nitrogens with zero attached hydrogens (tertiary/aromatic N) is 1. The second kappa shape index (κ2) is 8.08. The largest absolute Gasteiger partial charge is 0.466 e. The number of hydrogen-bond donors (Lipinski definition) is 0. The zero-order chi connectivity index (χ0) is 21.2. The summed E-state index contributed by atoms with van der Waals surface area (Å²) in [7, 11) is 0. The standard InChI is InChI=1S/C18H28F3NO5/c1-8-25-14(23)11(2)18(20,21)13(19)9-12-10-26-17(6,7)22(12)15(24)27-16(3,4)5/h9,11-12H,8,10H2,1-7H3/b13-9-/t11-,12-/m1/s1. The van der Waals surface area contributed by atoms with E-state index in [4.69, 9.17) is 9.47 Å². The number of carbonyl (C=O) groups excluding carboxylic acids is 2. The van der Waals surface area contributed by atoms with Crippen LogP contribution in [-0.2, 0) is 19.0 Å². The van der Waals surface area contributed by atoms with Crippen molar-refractivity contribution in [2.24, 2.45) is 5.92 Å². The molecule has 1 amide bonds.